The summed E-state index contributed by atoms with van der Waals surface area (Å²) in [6.07, 6.45) is 0. The van der Waals surface area contributed by atoms with E-state index in [9.17, 15) is 0 Å². The predicted molar refractivity (Wildman–Crippen MR) is 61.8 cm³/mol. The van der Waals surface area contributed by atoms with Crippen molar-refractivity contribution < 1.29 is 10.3 Å². The van der Waals surface area contributed by atoms with Gasteiger partial charge in [-0.25, -0.2) is 0 Å². The molecular formula is C9H11ClN2O2S. The minimum Gasteiger partial charge on any atom is -0.409 e. The van der Waals surface area contributed by atoms with E-state index >= 15 is 0 Å². The first-order valence-corrected chi connectivity index (χ1v) is 5.57. The fraction of sp³-hybridized carbons (Fsp3) is 0.222. The molecule has 0 amide bonds. The van der Waals surface area contributed by atoms with Gasteiger partial charge in [-0.15, -0.1) is 11.8 Å². The van der Waals surface area contributed by atoms with E-state index in [0.717, 1.165) is 4.90 Å². The third-order valence-electron chi connectivity index (χ3n) is 1.69. The third kappa shape index (κ3) is 3.02. The first-order valence-electron chi connectivity index (χ1n) is 4.20. The Hall–Kier alpha value is -0.910. The lowest BCUT2D eigenvalue weighted by Gasteiger charge is -2.08. The van der Waals surface area contributed by atoms with Crippen LogP contribution in [0.2, 0.25) is 5.02 Å². The minimum absolute atomic E-state index is 0.0268. The normalized spacial score (nSPS) is 11.7. The number of aliphatic hydroxyl groups is 1. The van der Waals surface area contributed by atoms with Crippen LogP contribution in [0.15, 0.2) is 28.3 Å². The van der Waals surface area contributed by atoms with Gasteiger partial charge in [0.05, 0.1) is 17.2 Å². The second-order valence-corrected chi connectivity index (χ2v) is 4.21. The SMILES string of the molecule is NC(=NO)c1c(Cl)cccc1SCCO. The van der Waals surface area contributed by atoms with Crippen molar-refractivity contribution in [3.05, 3.63) is 28.8 Å². The second-order valence-electron chi connectivity index (χ2n) is 2.67. The molecule has 0 unspecified atom stereocenters. The number of benzene rings is 1. The third-order valence-corrected chi connectivity index (χ3v) is 3.04. The fourth-order valence-electron chi connectivity index (χ4n) is 1.08. The van der Waals surface area contributed by atoms with Crippen molar-refractivity contribution in [1.82, 2.24) is 0 Å². The highest BCUT2D eigenvalue weighted by atomic mass is 35.5. The highest BCUT2D eigenvalue weighted by Crippen LogP contribution is 2.28. The summed E-state index contributed by atoms with van der Waals surface area (Å²) in [7, 11) is 0. The van der Waals surface area contributed by atoms with Crippen LogP contribution in [0.25, 0.3) is 0 Å². The molecule has 6 heteroatoms. The molecule has 0 aliphatic heterocycles. The molecule has 15 heavy (non-hydrogen) atoms. The van der Waals surface area contributed by atoms with Gasteiger partial charge in [-0.2, -0.15) is 0 Å². The number of thioether (sulfide) groups is 1. The molecule has 0 saturated carbocycles. The van der Waals surface area contributed by atoms with Crippen LogP contribution in [0.3, 0.4) is 0 Å². The van der Waals surface area contributed by atoms with Gasteiger partial charge < -0.3 is 16.0 Å². The van der Waals surface area contributed by atoms with Crippen LogP contribution in [-0.2, 0) is 0 Å². The highest BCUT2D eigenvalue weighted by molar-refractivity contribution is 7.99. The van der Waals surface area contributed by atoms with E-state index < -0.39 is 0 Å². The molecule has 0 radical (unpaired) electrons. The van der Waals surface area contributed by atoms with Crippen molar-refractivity contribution in [2.24, 2.45) is 10.9 Å². The molecule has 0 fully saturated rings. The molecular weight excluding hydrogens is 236 g/mol. The van der Waals surface area contributed by atoms with Gasteiger partial charge in [0.1, 0.15) is 0 Å². The second kappa shape index (κ2) is 5.85. The average Bonchev–Trinajstić information content (AvgIpc) is 2.25. The number of oxime groups is 1. The smallest absolute Gasteiger partial charge is 0.172 e. The van der Waals surface area contributed by atoms with E-state index in [1.165, 1.54) is 11.8 Å². The Bertz CT molecular complexity index is 371. The Morgan fingerprint density at radius 2 is 2.27 bits per heavy atom. The van der Waals surface area contributed by atoms with Crippen LogP contribution in [0.4, 0.5) is 0 Å². The van der Waals surface area contributed by atoms with Crippen LogP contribution < -0.4 is 5.73 Å². The number of hydrogen-bond donors (Lipinski definition) is 3. The van der Waals surface area contributed by atoms with E-state index in [0.29, 0.717) is 16.3 Å². The van der Waals surface area contributed by atoms with Crippen molar-refractivity contribution >= 4 is 29.2 Å². The van der Waals surface area contributed by atoms with Gasteiger partial charge >= 0.3 is 0 Å². The zero-order valence-electron chi connectivity index (χ0n) is 7.85. The Morgan fingerprint density at radius 3 is 2.87 bits per heavy atom. The Labute approximate surface area is 96.7 Å². The van der Waals surface area contributed by atoms with Gasteiger partial charge in [0, 0.05) is 10.6 Å². The first kappa shape index (κ1) is 12.2. The number of nitrogens with zero attached hydrogens (tertiary/aromatic N) is 1. The number of amidine groups is 1. The average molecular weight is 247 g/mol. The van der Waals surface area contributed by atoms with Gasteiger partial charge in [-0.3, -0.25) is 0 Å². The number of halogens is 1. The zero-order valence-corrected chi connectivity index (χ0v) is 9.42. The molecule has 4 nitrogen and oxygen atoms in total. The first-order chi connectivity index (χ1) is 7.20. The van der Waals surface area contributed by atoms with Gasteiger partial charge in [-0.1, -0.05) is 22.8 Å². The summed E-state index contributed by atoms with van der Waals surface area (Å²) in [6, 6.07) is 5.24. The molecule has 1 aromatic carbocycles. The molecule has 1 aromatic rings. The Morgan fingerprint density at radius 1 is 1.53 bits per heavy atom. The number of nitrogens with two attached hydrogens (primary N) is 1. The summed E-state index contributed by atoms with van der Waals surface area (Å²) in [4.78, 5) is 0.784. The Balaban J connectivity index is 3.09. The minimum atomic E-state index is -0.0268. The number of rotatable bonds is 4. The summed E-state index contributed by atoms with van der Waals surface area (Å²) < 4.78 is 0. The fourth-order valence-corrected chi connectivity index (χ4v) is 2.25. The van der Waals surface area contributed by atoms with Crippen molar-refractivity contribution in [3.8, 4) is 0 Å². The molecule has 0 saturated heterocycles. The molecule has 0 heterocycles. The van der Waals surface area contributed by atoms with Crippen LogP contribution in [0.1, 0.15) is 5.56 Å². The maximum atomic E-state index is 8.72. The highest BCUT2D eigenvalue weighted by Gasteiger charge is 2.11. The van der Waals surface area contributed by atoms with Gasteiger partial charge in [-0.05, 0) is 12.1 Å². The van der Waals surface area contributed by atoms with Crippen molar-refractivity contribution in [3.63, 3.8) is 0 Å². The van der Waals surface area contributed by atoms with Crippen LogP contribution in [0, 0.1) is 0 Å². The lowest BCUT2D eigenvalue weighted by molar-refractivity contribution is 0.318. The molecule has 1 rings (SSSR count). The van der Waals surface area contributed by atoms with Gasteiger partial charge in [0.2, 0.25) is 0 Å². The number of hydrogen-bond acceptors (Lipinski definition) is 4. The molecule has 0 atom stereocenters. The summed E-state index contributed by atoms with van der Waals surface area (Å²) in [5.41, 5.74) is 6.01. The predicted octanol–water partition coefficient (Wildman–Crippen LogP) is 1.52. The molecule has 0 spiro atoms. The molecule has 0 aromatic heterocycles. The van der Waals surface area contributed by atoms with E-state index in [1.807, 2.05) is 0 Å². The molecule has 0 aliphatic carbocycles. The monoisotopic (exact) mass is 246 g/mol. The van der Waals surface area contributed by atoms with Crippen LogP contribution in [0.5, 0.6) is 0 Å². The van der Waals surface area contributed by atoms with Gasteiger partial charge in [0.25, 0.3) is 0 Å². The van der Waals surface area contributed by atoms with E-state index in [-0.39, 0.29) is 12.4 Å². The molecule has 82 valence electrons. The topological polar surface area (TPSA) is 78.8 Å². The molecule has 4 N–H and O–H groups in total. The lowest BCUT2D eigenvalue weighted by atomic mass is 10.2. The summed E-state index contributed by atoms with van der Waals surface area (Å²) in [5, 5.41) is 20.7. The largest absolute Gasteiger partial charge is 0.409 e. The van der Waals surface area contributed by atoms with Crippen molar-refractivity contribution in [2.75, 3.05) is 12.4 Å². The molecule has 0 bridgehead atoms. The molecule has 0 aliphatic rings. The summed E-state index contributed by atoms with van der Waals surface area (Å²) in [5.74, 6) is 0.507. The summed E-state index contributed by atoms with van der Waals surface area (Å²) >= 11 is 7.33. The van der Waals surface area contributed by atoms with Crippen LogP contribution >= 0.6 is 23.4 Å². The van der Waals surface area contributed by atoms with E-state index in [1.54, 1.807) is 18.2 Å². The summed E-state index contributed by atoms with van der Waals surface area (Å²) in [6.45, 7) is 0.0623. The van der Waals surface area contributed by atoms with Crippen molar-refractivity contribution in [1.29, 1.82) is 0 Å². The van der Waals surface area contributed by atoms with Crippen LogP contribution in [-0.4, -0.2) is 28.5 Å². The van der Waals surface area contributed by atoms with Crippen molar-refractivity contribution in [2.45, 2.75) is 4.90 Å². The maximum Gasteiger partial charge on any atom is 0.172 e. The number of aliphatic hydroxyl groups excluding tert-OH is 1. The van der Waals surface area contributed by atoms with Gasteiger partial charge in [0.15, 0.2) is 5.84 Å². The van der Waals surface area contributed by atoms with E-state index in [2.05, 4.69) is 5.16 Å². The maximum absolute atomic E-state index is 8.72. The quantitative estimate of drug-likeness (QED) is 0.247. The Kier molecular flexibility index (Phi) is 4.74. The standard InChI is InChI=1S/C9H11ClN2O2S/c10-6-2-1-3-7(15-5-4-13)8(6)9(11)12-14/h1-3,13-14H,4-5H2,(H2,11,12). The lowest BCUT2D eigenvalue weighted by Crippen LogP contribution is -2.15. The van der Waals surface area contributed by atoms with E-state index in [4.69, 9.17) is 27.6 Å². The zero-order chi connectivity index (χ0) is 11.3.